The average Bonchev–Trinajstić information content (AvgIpc) is 3.25. The molecule has 0 amide bonds. The highest BCUT2D eigenvalue weighted by Gasteiger charge is 2.26. The number of rotatable bonds is 7. The summed E-state index contributed by atoms with van der Waals surface area (Å²) in [6.45, 7) is 6.83. The Morgan fingerprint density at radius 1 is 1.12 bits per heavy atom. The third-order valence-electron chi connectivity index (χ3n) is 6.94. The predicted octanol–water partition coefficient (Wildman–Crippen LogP) is 3.01. The minimum absolute atomic E-state index is 0.365. The summed E-state index contributed by atoms with van der Waals surface area (Å²) in [5, 5.41) is 0. The minimum atomic E-state index is 0.365. The van der Waals surface area contributed by atoms with Gasteiger partial charge in [0, 0.05) is 58.8 Å². The first-order valence-electron chi connectivity index (χ1n) is 11.8. The molecule has 0 saturated carbocycles. The van der Waals surface area contributed by atoms with E-state index in [1.54, 1.807) is 7.11 Å². The highest BCUT2D eigenvalue weighted by atomic mass is 16.5. The lowest BCUT2D eigenvalue weighted by Crippen LogP contribution is -2.47. The molecule has 1 saturated heterocycles. The summed E-state index contributed by atoms with van der Waals surface area (Å²) in [4.78, 5) is 17.1. The number of methoxy groups -OCH3 is 1. The molecule has 7 heteroatoms. The zero-order valence-corrected chi connectivity index (χ0v) is 19.3. The monoisotopic (exact) mass is 434 g/mol. The number of fused-ring (bicyclic) bond motifs is 2. The fourth-order valence-corrected chi connectivity index (χ4v) is 5.18. The first kappa shape index (κ1) is 21.4. The van der Waals surface area contributed by atoms with Gasteiger partial charge in [0.15, 0.2) is 0 Å². The fourth-order valence-electron chi connectivity index (χ4n) is 5.18. The molecule has 3 aromatic heterocycles. The number of aryl methyl sites for hydroxylation is 1. The van der Waals surface area contributed by atoms with Gasteiger partial charge in [-0.05, 0) is 50.1 Å². The molecular formula is C25H34N6O. The van der Waals surface area contributed by atoms with Crippen LogP contribution in [0.15, 0.2) is 42.7 Å². The van der Waals surface area contributed by atoms with Crippen LogP contribution in [0, 0.1) is 0 Å². The molecule has 1 atom stereocenters. The van der Waals surface area contributed by atoms with Crippen LogP contribution < -0.4 is 4.90 Å². The van der Waals surface area contributed by atoms with Crippen molar-refractivity contribution < 1.29 is 4.74 Å². The van der Waals surface area contributed by atoms with Gasteiger partial charge < -0.3 is 9.64 Å². The van der Waals surface area contributed by atoms with Crippen molar-refractivity contribution in [3.8, 4) is 0 Å². The molecule has 3 aromatic rings. The van der Waals surface area contributed by atoms with Crippen LogP contribution in [0.2, 0.25) is 0 Å². The molecule has 0 aromatic carbocycles. The van der Waals surface area contributed by atoms with E-state index >= 15 is 0 Å². The molecule has 2 aliphatic rings. The van der Waals surface area contributed by atoms with Crippen molar-refractivity contribution in [2.75, 3.05) is 58.4 Å². The van der Waals surface area contributed by atoms with Crippen LogP contribution in [-0.2, 0) is 17.7 Å². The van der Waals surface area contributed by atoms with E-state index in [-0.39, 0.29) is 0 Å². The largest absolute Gasteiger partial charge is 0.383 e. The van der Waals surface area contributed by atoms with Gasteiger partial charge in [0.2, 0.25) is 0 Å². The number of hydrogen-bond acceptors (Lipinski definition) is 6. The van der Waals surface area contributed by atoms with Crippen molar-refractivity contribution in [1.29, 1.82) is 0 Å². The molecular weight excluding hydrogens is 400 g/mol. The third kappa shape index (κ3) is 4.37. The summed E-state index contributed by atoms with van der Waals surface area (Å²) in [6.07, 6.45) is 7.67. The fraction of sp³-hybridized carbons (Fsp3) is 0.520. The van der Waals surface area contributed by atoms with Gasteiger partial charge >= 0.3 is 0 Å². The van der Waals surface area contributed by atoms with Crippen LogP contribution in [0.4, 0.5) is 5.82 Å². The molecule has 170 valence electrons. The van der Waals surface area contributed by atoms with E-state index in [2.05, 4.69) is 62.7 Å². The third-order valence-corrected chi connectivity index (χ3v) is 6.94. The zero-order valence-electron chi connectivity index (χ0n) is 19.3. The standard InChI is InChI=1S/C25H34N6O/c1-28(22-8-3-6-20-7-5-11-26-25(20)22)18-21-19-31-23(27-21)9-4-10-24(31)30-14-12-29(13-15-30)16-17-32-2/h4-5,7,9-11,19,22H,3,6,8,12-18H2,1-2H3. The van der Waals surface area contributed by atoms with Crippen molar-refractivity contribution in [3.63, 3.8) is 0 Å². The molecule has 0 spiro atoms. The van der Waals surface area contributed by atoms with Crippen LogP contribution in [-0.4, -0.2) is 77.7 Å². The Bertz CT molecular complexity index is 1040. The number of piperazine rings is 1. The lowest BCUT2D eigenvalue weighted by molar-refractivity contribution is 0.144. The normalized spacial score (nSPS) is 19.6. The number of ether oxygens (including phenoxy) is 1. The summed E-state index contributed by atoms with van der Waals surface area (Å²) < 4.78 is 7.50. The number of imidazole rings is 1. The quantitative estimate of drug-likeness (QED) is 0.570. The summed E-state index contributed by atoms with van der Waals surface area (Å²) in [7, 11) is 3.98. The Labute approximate surface area is 190 Å². The molecule has 5 rings (SSSR count). The van der Waals surface area contributed by atoms with Gasteiger partial charge in [-0.15, -0.1) is 0 Å². The van der Waals surface area contributed by atoms with Gasteiger partial charge in [0.1, 0.15) is 11.5 Å². The van der Waals surface area contributed by atoms with Gasteiger partial charge in [0.05, 0.1) is 24.0 Å². The average molecular weight is 435 g/mol. The second-order valence-corrected chi connectivity index (χ2v) is 9.04. The summed E-state index contributed by atoms with van der Waals surface area (Å²) in [5.41, 5.74) is 4.78. The number of hydrogen-bond donors (Lipinski definition) is 0. The van der Waals surface area contributed by atoms with Crippen molar-refractivity contribution in [3.05, 3.63) is 59.7 Å². The van der Waals surface area contributed by atoms with Crippen LogP contribution >= 0.6 is 0 Å². The van der Waals surface area contributed by atoms with Gasteiger partial charge in [0.25, 0.3) is 0 Å². The maximum Gasteiger partial charge on any atom is 0.138 e. The lowest BCUT2D eigenvalue weighted by Gasteiger charge is -2.36. The molecule has 0 bridgehead atoms. The maximum absolute atomic E-state index is 5.24. The number of nitrogens with zero attached hydrogens (tertiary/aromatic N) is 6. The first-order chi connectivity index (χ1) is 15.7. The number of pyridine rings is 2. The summed E-state index contributed by atoms with van der Waals surface area (Å²) in [5.74, 6) is 1.24. The lowest BCUT2D eigenvalue weighted by atomic mass is 9.91. The molecule has 1 aliphatic carbocycles. The Morgan fingerprint density at radius 2 is 2.00 bits per heavy atom. The van der Waals surface area contributed by atoms with Crippen LogP contribution in [0.5, 0.6) is 0 Å². The second kappa shape index (κ2) is 9.57. The molecule has 1 aliphatic heterocycles. The smallest absolute Gasteiger partial charge is 0.138 e. The van der Waals surface area contributed by atoms with Crippen LogP contribution in [0.25, 0.3) is 5.65 Å². The minimum Gasteiger partial charge on any atom is -0.383 e. The van der Waals surface area contributed by atoms with Gasteiger partial charge in [-0.1, -0.05) is 12.1 Å². The van der Waals surface area contributed by atoms with Crippen LogP contribution in [0.3, 0.4) is 0 Å². The highest BCUT2D eigenvalue weighted by molar-refractivity contribution is 5.53. The first-order valence-corrected chi connectivity index (χ1v) is 11.8. The van der Waals surface area contributed by atoms with Gasteiger partial charge in [-0.2, -0.15) is 0 Å². The SMILES string of the molecule is COCCN1CCN(c2cccc3nc(CN(C)C4CCCc5cccnc54)cn23)CC1. The molecule has 0 radical (unpaired) electrons. The predicted molar refractivity (Wildman–Crippen MR) is 127 cm³/mol. The number of aromatic nitrogens is 3. The highest BCUT2D eigenvalue weighted by Crippen LogP contribution is 2.32. The molecule has 4 heterocycles. The molecule has 1 unspecified atom stereocenters. The van der Waals surface area contributed by atoms with E-state index in [4.69, 9.17) is 14.7 Å². The topological polar surface area (TPSA) is 49.1 Å². The molecule has 32 heavy (non-hydrogen) atoms. The number of anilines is 1. The van der Waals surface area contributed by atoms with E-state index in [0.29, 0.717) is 6.04 Å². The van der Waals surface area contributed by atoms with Gasteiger partial charge in [-0.3, -0.25) is 19.2 Å². The van der Waals surface area contributed by atoms with Crippen LogP contribution in [0.1, 0.15) is 35.8 Å². The van der Waals surface area contributed by atoms with E-state index in [1.165, 1.54) is 23.5 Å². The molecule has 1 fully saturated rings. The Morgan fingerprint density at radius 3 is 2.84 bits per heavy atom. The Hall–Kier alpha value is -2.48. The second-order valence-electron chi connectivity index (χ2n) is 9.04. The maximum atomic E-state index is 5.24. The van der Waals surface area contributed by atoms with E-state index in [9.17, 15) is 0 Å². The van der Waals surface area contributed by atoms with E-state index < -0.39 is 0 Å². The van der Waals surface area contributed by atoms with Gasteiger partial charge in [-0.25, -0.2) is 4.98 Å². The van der Waals surface area contributed by atoms with E-state index in [1.807, 2.05) is 6.20 Å². The van der Waals surface area contributed by atoms with Crippen molar-refractivity contribution >= 4 is 11.5 Å². The molecule has 7 nitrogen and oxygen atoms in total. The van der Waals surface area contributed by atoms with Crippen molar-refractivity contribution in [1.82, 2.24) is 24.2 Å². The molecule has 0 N–H and O–H groups in total. The van der Waals surface area contributed by atoms with Crippen molar-refractivity contribution in [2.45, 2.75) is 31.8 Å². The Kier molecular flexibility index (Phi) is 6.39. The zero-order chi connectivity index (χ0) is 21.9. The Balaban J connectivity index is 1.31. The van der Waals surface area contributed by atoms with Crippen molar-refractivity contribution in [2.24, 2.45) is 0 Å². The van der Waals surface area contributed by atoms with E-state index in [0.717, 1.165) is 70.1 Å². The summed E-state index contributed by atoms with van der Waals surface area (Å²) in [6, 6.07) is 11.1. The summed E-state index contributed by atoms with van der Waals surface area (Å²) >= 11 is 0.